The highest BCUT2D eigenvalue weighted by molar-refractivity contribution is 5.71. The number of unbranched alkanes of at least 4 members (excludes halogenated alkanes) is 47. The molecule has 0 radical (unpaired) electrons. The van der Waals surface area contributed by atoms with E-state index in [-0.39, 0.29) is 31.1 Å². The highest BCUT2D eigenvalue weighted by atomic mass is 16.6. The third-order valence-corrected chi connectivity index (χ3v) is 15.7. The Morgan fingerprint density at radius 2 is 0.486 bits per heavy atom. The fourth-order valence-corrected chi connectivity index (χ4v) is 10.3. The van der Waals surface area contributed by atoms with Crippen LogP contribution in [0.25, 0.3) is 0 Å². The Labute approximate surface area is 450 Å². The maximum atomic E-state index is 12.9. The Kier molecular flexibility index (Phi) is 58.9. The lowest BCUT2D eigenvalue weighted by atomic mass is 9.99. The van der Waals surface area contributed by atoms with E-state index in [1.165, 1.54) is 276 Å². The van der Waals surface area contributed by atoms with Gasteiger partial charge in [-0.15, -0.1) is 0 Å². The maximum absolute atomic E-state index is 12.9. The van der Waals surface area contributed by atoms with E-state index in [0.29, 0.717) is 19.3 Å². The molecule has 6 heteroatoms. The maximum Gasteiger partial charge on any atom is 0.306 e. The lowest BCUT2D eigenvalue weighted by Gasteiger charge is -2.18. The topological polar surface area (TPSA) is 78.9 Å². The van der Waals surface area contributed by atoms with Gasteiger partial charge in [0.2, 0.25) is 0 Å². The quantitative estimate of drug-likeness (QED) is 0.0343. The monoisotopic (exact) mass is 1020 g/mol. The first-order valence-corrected chi connectivity index (χ1v) is 32.9. The van der Waals surface area contributed by atoms with Gasteiger partial charge in [-0.25, -0.2) is 0 Å². The van der Waals surface area contributed by atoms with Crippen LogP contribution in [0.3, 0.4) is 0 Å². The third-order valence-electron chi connectivity index (χ3n) is 15.7. The van der Waals surface area contributed by atoms with Crippen molar-refractivity contribution in [2.75, 3.05) is 13.2 Å². The second-order valence-corrected chi connectivity index (χ2v) is 23.0. The molecular weight excluding hydrogens is 889 g/mol. The van der Waals surface area contributed by atoms with Crippen LogP contribution >= 0.6 is 0 Å². The minimum absolute atomic E-state index is 0.0610. The Balaban J connectivity index is 4.23. The normalized spacial score (nSPS) is 12.3. The van der Waals surface area contributed by atoms with Gasteiger partial charge in [0, 0.05) is 19.3 Å². The summed E-state index contributed by atoms with van der Waals surface area (Å²) >= 11 is 0. The van der Waals surface area contributed by atoms with Crippen molar-refractivity contribution in [2.45, 2.75) is 387 Å². The SMILES string of the molecule is CCCCCCCCCCCCCCCCCCCCCC(=O)O[C@H](COC(=O)CCCCCCCCCCCCCCC)COC(=O)CCCCCCCCCCCCCCCCCCCCC(C)CC. The van der Waals surface area contributed by atoms with Crippen LogP contribution in [-0.2, 0) is 28.6 Å². The lowest BCUT2D eigenvalue weighted by molar-refractivity contribution is -0.167. The molecule has 0 amide bonds. The molecule has 0 fully saturated rings. The molecule has 0 aliphatic carbocycles. The highest BCUT2D eigenvalue weighted by Crippen LogP contribution is 2.19. The molecule has 0 rings (SSSR count). The number of hydrogen-bond donors (Lipinski definition) is 0. The van der Waals surface area contributed by atoms with E-state index in [1.807, 2.05) is 0 Å². The van der Waals surface area contributed by atoms with Gasteiger partial charge in [-0.1, -0.05) is 342 Å². The van der Waals surface area contributed by atoms with Crippen molar-refractivity contribution in [3.63, 3.8) is 0 Å². The molecule has 0 aromatic heterocycles. The number of rotatable bonds is 61. The van der Waals surface area contributed by atoms with Crippen molar-refractivity contribution in [2.24, 2.45) is 5.92 Å². The lowest BCUT2D eigenvalue weighted by Crippen LogP contribution is -2.30. The van der Waals surface area contributed by atoms with Crippen LogP contribution < -0.4 is 0 Å². The van der Waals surface area contributed by atoms with Crippen molar-refractivity contribution in [1.82, 2.24) is 0 Å². The summed E-state index contributed by atoms with van der Waals surface area (Å²) in [6.45, 7) is 9.13. The molecule has 0 heterocycles. The standard InChI is InChI=1S/C66H128O6/c1-5-8-10-12-14-16-18-20-21-22-23-28-31-35-39-43-47-51-55-59-66(69)72-63(60-70-64(67)57-53-49-45-41-37-32-19-17-15-13-11-9-6-2)61-71-65(68)58-54-50-46-42-38-34-30-27-25-24-26-29-33-36-40-44-48-52-56-62(4)7-3/h62-63H,5-61H2,1-4H3/t62?,63-/m1/s1. The van der Waals surface area contributed by atoms with Crippen LogP contribution in [-0.4, -0.2) is 37.2 Å². The van der Waals surface area contributed by atoms with Gasteiger partial charge < -0.3 is 14.2 Å². The molecule has 428 valence electrons. The van der Waals surface area contributed by atoms with E-state index in [4.69, 9.17) is 14.2 Å². The minimum atomic E-state index is -0.763. The molecule has 0 saturated heterocycles. The average Bonchev–Trinajstić information content (AvgIpc) is 3.38. The van der Waals surface area contributed by atoms with E-state index >= 15 is 0 Å². The van der Waals surface area contributed by atoms with E-state index in [1.54, 1.807) is 0 Å². The van der Waals surface area contributed by atoms with E-state index in [9.17, 15) is 14.4 Å². The van der Waals surface area contributed by atoms with Crippen molar-refractivity contribution < 1.29 is 28.6 Å². The van der Waals surface area contributed by atoms with Gasteiger partial charge in [0.15, 0.2) is 6.10 Å². The molecule has 0 aromatic rings. The van der Waals surface area contributed by atoms with E-state index < -0.39 is 6.10 Å². The summed E-state index contributed by atoms with van der Waals surface area (Å²) in [5.74, 6) is 0.0840. The van der Waals surface area contributed by atoms with Crippen LogP contribution in [0.1, 0.15) is 381 Å². The molecular formula is C66H128O6. The van der Waals surface area contributed by atoms with E-state index in [0.717, 1.165) is 63.7 Å². The zero-order valence-corrected chi connectivity index (χ0v) is 49.4. The van der Waals surface area contributed by atoms with Crippen molar-refractivity contribution in [3.05, 3.63) is 0 Å². The number of ether oxygens (including phenoxy) is 3. The Morgan fingerprint density at radius 3 is 0.722 bits per heavy atom. The summed E-state index contributed by atoms with van der Waals surface area (Å²) in [6, 6.07) is 0. The molecule has 2 atom stereocenters. The molecule has 6 nitrogen and oxygen atoms in total. The largest absolute Gasteiger partial charge is 0.462 e. The Bertz CT molecular complexity index is 1090. The molecule has 0 N–H and O–H groups in total. The first-order valence-electron chi connectivity index (χ1n) is 32.9. The highest BCUT2D eigenvalue weighted by Gasteiger charge is 2.19. The molecule has 1 unspecified atom stereocenters. The third kappa shape index (κ3) is 57.7. The summed E-state index contributed by atoms with van der Waals surface area (Å²) in [5.41, 5.74) is 0. The summed E-state index contributed by atoms with van der Waals surface area (Å²) in [6.07, 6.45) is 68.2. The van der Waals surface area contributed by atoms with Gasteiger partial charge in [0.1, 0.15) is 13.2 Å². The van der Waals surface area contributed by atoms with Crippen LogP contribution in [0.15, 0.2) is 0 Å². The molecule has 0 aliphatic heterocycles. The first kappa shape index (κ1) is 70.4. The predicted molar refractivity (Wildman–Crippen MR) is 312 cm³/mol. The van der Waals surface area contributed by atoms with E-state index in [2.05, 4.69) is 27.7 Å². The second-order valence-electron chi connectivity index (χ2n) is 23.0. The smallest absolute Gasteiger partial charge is 0.306 e. The van der Waals surface area contributed by atoms with Crippen molar-refractivity contribution in [3.8, 4) is 0 Å². The molecule has 72 heavy (non-hydrogen) atoms. The average molecular weight is 1020 g/mol. The number of carbonyl (C=O) groups excluding carboxylic acids is 3. The Morgan fingerprint density at radius 1 is 0.278 bits per heavy atom. The summed E-state index contributed by atoms with van der Waals surface area (Å²) in [5, 5.41) is 0. The Hall–Kier alpha value is -1.59. The summed E-state index contributed by atoms with van der Waals surface area (Å²) in [4.78, 5) is 38.3. The second kappa shape index (κ2) is 60.3. The fourth-order valence-electron chi connectivity index (χ4n) is 10.3. The van der Waals surface area contributed by atoms with Crippen molar-refractivity contribution in [1.29, 1.82) is 0 Å². The van der Waals surface area contributed by atoms with Crippen molar-refractivity contribution >= 4 is 17.9 Å². The van der Waals surface area contributed by atoms with Gasteiger partial charge in [0.05, 0.1) is 0 Å². The van der Waals surface area contributed by atoms with Crippen LogP contribution in [0.5, 0.6) is 0 Å². The van der Waals surface area contributed by atoms with Gasteiger partial charge in [-0.3, -0.25) is 14.4 Å². The van der Waals surface area contributed by atoms with Crippen LogP contribution in [0.2, 0.25) is 0 Å². The summed E-state index contributed by atoms with van der Waals surface area (Å²) < 4.78 is 17.0. The van der Waals surface area contributed by atoms with Gasteiger partial charge in [0.25, 0.3) is 0 Å². The van der Waals surface area contributed by atoms with Crippen LogP contribution in [0.4, 0.5) is 0 Å². The van der Waals surface area contributed by atoms with Gasteiger partial charge in [-0.2, -0.15) is 0 Å². The van der Waals surface area contributed by atoms with Crippen LogP contribution in [0, 0.1) is 5.92 Å². The zero-order valence-electron chi connectivity index (χ0n) is 49.4. The predicted octanol–water partition coefficient (Wildman–Crippen LogP) is 22.1. The molecule has 0 saturated carbocycles. The number of carbonyl (C=O) groups is 3. The molecule has 0 spiro atoms. The number of esters is 3. The molecule has 0 aromatic carbocycles. The molecule has 0 aliphatic rings. The van der Waals surface area contributed by atoms with Gasteiger partial charge in [-0.05, 0) is 25.2 Å². The first-order chi connectivity index (χ1) is 35.4. The van der Waals surface area contributed by atoms with Gasteiger partial charge >= 0.3 is 17.9 Å². The zero-order chi connectivity index (χ0) is 52.3. The minimum Gasteiger partial charge on any atom is -0.462 e. The fraction of sp³-hybridized carbons (Fsp3) is 0.955. The summed E-state index contributed by atoms with van der Waals surface area (Å²) in [7, 11) is 0. The molecule has 0 bridgehead atoms. The number of hydrogen-bond acceptors (Lipinski definition) is 6.